The molecule has 2 nitrogen and oxygen atoms in total. The molecule has 0 saturated heterocycles. The van der Waals surface area contributed by atoms with Crippen molar-refractivity contribution < 1.29 is 9.90 Å². The van der Waals surface area contributed by atoms with Gasteiger partial charge in [0.25, 0.3) is 0 Å². The maximum atomic E-state index is 12.3. The number of fused-ring (bicyclic) bond motifs is 1. The Balaban J connectivity index is 2.33. The molecule has 0 amide bonds. The van der Waals surface area contributed by atoms with Crippen LogP contribution in [0.3, 0.4) is 0 Å². The third-order valence-corrected chi connectivity index (χ3v) is 5.61. The fourth-order valence-corrected chi connectivity index (χ4v) is 3.96. The molecule has 0 aliphatic heterocycles. The Morgan fingerprint density at radius 1 is 1.35 bits per heavy atom. The highest BCUT2D eigenvalue weighted by molar-refractivity contribution is 5.97. The standard InChI is InChI=1S/C18H30O2/c1-5-6-7-14-15-12-13(17(2,3)20)8-10-18(15,4)11-9-16(14)19/h13,20H,5-12H2,1-4H3/t13-,18-/m1/s1. The zero-order valence-corrected chi connectivity index (χ0v) is 13.6. The molecular formula is C18H30O2. The second-order valence-electron chi connectivity index (χ2n) is 7.64. The Hall–Kier alpha value is -0.630. The lowest BCUT2D eigenvalue weighted by Crippen LogP contribution is -2.40. The Kier molecular flexibility index (Phi) is 4.44. The van der Waals surface area contributed by atoms with Crippen LogP contribution in [0.5, 0.6) is 0 Å². The molecule has 0 aromatic carbocycles. The summed E-state index contributed by atoms with van der Waals surface area (Å²) in [5.74, 6) is 0.676. The van der Waals surface area contributed by atoms with Gasteiger partial charge in [-0.25, -0.2) is 0 Å². The normalized spacial score (nSPS) is 31.4. The van der Waals surface area contributed by atoms with Gasteiger partial charge in [0, 0.05) is 6.42 Å². The second-order valence-corrected chi connectivity index (χ2v) is 7.64. The van der Waals surface area contributed by atoms with E-state index in [0.717, 1.165) is 56.9 Å². The summed E-state index contributed by atoms with van der Waals surface area (Å²) in [6.07, 6.45) is 8.05. The van der Waals surface area contributed by atoms with E-state index < -0.39 is 5.60 Å². The van der Waals surface area contributed by atoms with E-state index in [4.69, 9.17) is 0 Å². The van der Waals surface area contributed by atoms with E-state index in [1.165, 1.54) is 5.57 Å². The number of ketones is 1. The topological polar surface area (TPSA) is 37.3 Å². The lowest BCUT2D eigenvalue weighted by atomic mass is 9.59. The van der Waals surface area contributed by atoms with E-state index in [9.17, 15) is 9.90 Å². The molecule has 0 radical (unpaired) electrons. The molecule has 2 rings (SSSR count). The van der Waals surface area contributed by atoms with Crippen molar-refractivity contribution in [2.24, 2.45) is 11.3 Å². The minimum atomic E-state index is -0.634. The van der Waals surface area contributed by atoms with Gasteiger partial charge in [0.05, 0.1) is 5.60 Å². The highest BCUT2D eigenvalue weighted by Crippen LogP contribution is 2.52. The van der Waals surface area contributed by atoms with E-state index in [1.54, 1.807) is 0 Å². The van der Waals surface area contributed by atoms with Crippen molar-refractivity contribution >= 4 is 5.78 Å². The van der Waals surface area contributed by atoms with Crippen LogP contribution in [-0.2, 0) is 4.79 Å². The maximum absolute atomic E-state index is 12.3. The molecule has 0 aromatic rings. The number of unbranched alkanes of at least 4 members (excludes halogenated alkanes) is 1. The summed E-state index contributed by atoms with van der Waals surface area (Å²) in [4.78, 5) is 12.3. The summed E-state index contributed by atoms with van der Waals surface area (Å²) in [5, 5.41) is 10.3. The Bertz CT molecular complexity index is 414. The molecule has 0 heterocycles. The van der Waals surface area contributed by atoms with Gasteiger partial charge in [0.15, 0.2) is 5.78 Å². The number of carbonyl (C=O) groups is 1. The average molecular weight is 278 g/mol. The van der Waals surface area contributed by atoms with Gasteiger partial charge in [-0.2, -0.15) is 0 Å². The maximum Gasteiger partial charge on any atom is 0.158 e. The zero-order chi connectivity index (χ0) is 15.0. The molecule has 0 spiro atoms. The zero-order valence-electron chi connectivity index (χ0n) is 13.6. The number of aliphatic hydroxyl groups is 1. The lowest BCUT2D eigenvalue weighted by Gasteiger charge is -2.46. The van der Waals surface area contributed by atoms with Crippen LogP contribution in [0, 0.1) is 11.3 Å². The monoisotopic (exact) mass is 278 g/mol. The Morgan fingerprint density at radius 3 is 2.65 bits per heavy atom. The largest absolute Gasteiger partial charge is 0.390 e. The van der Waals surface area contributed by atoms with Gasteiger partial charge < -0.3 is 5.11 Å². The van der Waals surface area contributed by atoms with E-state index in [-0.39, 0.29) is 5.41 Å². The van der Waals surface area contributed by atoms with Crippen LogP contribution in [0.1, 0.15) is 79.1 Å². The third-order valence-electron chi connectivity index (χ3n) is 5.61. The van der Waals surface area contributed by atoms with Crippen molar-refractivity contribution in [2.75, 3.05) is 0 Å². The number of hydrogen-bond acceptors (Lipinski definition) is 2. The first-order valence-corrected chi connectivity index (χ1v) is 8.26. The van der Waals surface area contributed by atoms with Gasteiger partial charge in [-0.1, -0.05) is 25.8 Å². The van der Waals surface area contributed by atoms with Gasteiger partial charge in [-0.05, 0) is 69.3 Å². The first-order valence-electron chi connectivity index (χ1n) is 8.26. The van der Waals surface area contributed by atoms with Crippen LogP contribution >= 0.6 is 0 Å². The fourth-order valence-electron chi connectivity index (χ4n) is 3.96. The van der Waals surface area contributed by atoms with Crippen molar-refractivity contribution in [1.29, 1.82) is 0 Å². The number of rotatable bonds is 4. The van der Waals surface area contributed by atoms with Crippen LogP contribution < -0.4 is 0 Å². The summed E-state index contributed by atoms with van der Waals surface area (Å²) >= 11 is 0. The Labute approximate surface area is 123 Å². The second kappa shape index (κ2) is 5.63. The van der Waals surface area contributed by atoms with E-state index in [1.807, 2.05) is 13.8 Å². The molecule has 0 bridgehead atoms. The number of Topliss-reactive ketones (excluding diaryl/α,β-unsaturated/α-hetero) is 1. The van der Waals surface area contributed by atoms with Crippen molar-refractivity contribution in [3.8, 4) is 0 Å². The first-order chi connectivity index (χ1) is 9.28. The predicted octanol–water partition coefficient (Wildman–Crippen LogP) is 4.41. The summed E-state index contributed by atoms with van der Waals surface area (Å²) in [5.41, 5.74) is 2.10. The minimum absolute atomic E-state index is 0.221. The van der Waals surface area contributed by atoms with Gasteiger partial charge in [0.2, 0.25) is 0 Å². The molecule has 2 atom stereocenters. The molecule has 0 aromatic heterocycles. The molecule has 2 aliphatic carbocycles. The van der Waals surface area contributed by atoms with E-state index >= 15 is 0 Å². The molecule has 2 aliphatic rings. The minimum Gasteiger partial charge on any atom is -0.390 e. The molecular weight excluding hydrogens is 248 g/mol. The van der Waals surface area contributed by atoms with Crippen LogP contribution in [0.15, 0.2) is 11.1 Å². The molecule has 2 heteroatoms. The average Bonchev–Trinajstić information content (AvgIpc) is 2.36. The van der Waals surface area contributed by atoms with Crippen molar-refractivity contribution in [3.05, 3.63) is 11.1 Å². The van der Waals surface area contributed by atoms with Gasteiger partial charge in [-0.15, -0.1) is 0 Å². The van der Waals surface area contributed by atoms with Gasteiger partial charge >= 0.3 is 0 Å². The van der Waals surface area contributed by atoms with Crippen LogP contribution in [-0.4, -0.2) is 16.5 Å². The van der Waals surface area contributed by atoms with Crippen LogP contribution in [0.4, 0.5) is 0 Å². The third kappa shape index (κ3) is 3.00. The van der Waals surface area contributed by atoms with E-state index in [2.05, 4.69) is 13.8 Å². The molecule has 20 heavy (non-hydrogen) atoms. The number of carbonyl (C=O) groups excluding carboxylic acids is 1. The molecule has 114 valence electrons. The van der Waals surface area contributed by atoms with Gasteiger partial charge in [-0.3, -0.25) is 4.79 Å². The molecule has 1 N–H and O–H groups in total. The summed E-state index contributed by atoms with van der Waals surface area (Å²) < 4.78 is 0. The SMILES string of the molecule is CCCCC1=C2C[C@H](C(C)(C)O)CC[C@]2(C)CCC1=O. The highest BCUT2D eigenvalue weighted by Gasteiger charge is 2.44. The predicted molar refractivity (Wildman–Crippen MR) is 82.5 cm³/mol. The van der Waals surface area contributed by atoms with Crippen molar-refractivity contribution in [2.45, 2.75) is 84.7 Å². The smallest absolute Gasteiger partial charge is 0.158 e. The fraction of sp³-hybridized carbons (Fsp3) is 0.833. The van der Waals surface area contributed by atoms with Crippen LogP contribution in [0.2, 0.25) is 0 Å². The van der Waals surface area contributed by atoms with E-state index in [0.29, 0.717) is 11.7 Å². The van der Waals surface area contributed by atoms with Crippen molar-refractivity contribution in [3.63, 3.8) is 0 Å². The summed E-state index contributed by atoms with van der Waals surface area (Å²) in [7, 11) is 0. The highest BCUT2D eigenvalue weighted by atomic mass is 16.3. The van der Waals surface area contributed by atoms with Crippen molar-refractivity contribution in [1.82, 2.24) is 0 Å². The number of hydrogen-bond donors (Lipinski definition) is 1. The summed E-state index contributed by atoms with van der Waals surface area (Å²) in [6, 6.07) is 0. The molecule has 0 unspecified atom stereocenters. The lowest BCUT2D eigenvalue weighted by molar-refractivity contribution is -0.117. The number of allylic oxidation sites excluding steroid dienone is 2. The molecule has 1 saturated carbocycles. The first kappa shape index (κ1) is 15.8. The Morgan fingerprint density at radius 2 is 2.05 bits per heavy atom. The quantitative estimate of drug-likeness (QED) is 0.827. The summed E-state index contributed by atoms with van der Waals surface area (Å²) in [6.45, 7) is 8.34. The molecule has 1 fully saturated rings. The van der Waals surface area contributed by atoms with Gasteiger partial charge in [0.1, 0.15) is 0 Å². The van der Waals surface area contributed by atoms with Crippen LogP contribution in [0.25, 0.3) is 0 Å².